The van der Waals surface area contributed by atoms with E-state index >= 15 is 0 Å². The standard InChI is InChI=1S/C21H18N6O2S3/c1-11-6-7-15(29-3)14(9-11)27-21(24-25-26-27)32-12(2)18-22-19(28)17-13(10-31-20(17)23-18)16-5-4-8-30-16/h4-10,12H,1-3H3,(H,22,23,28)/t12-/m1/s1. The molecule has 0 aliphatic heterocycles. The van der Waals surface area contributed by atoms with Crippen LogP contribution in [0.25, 0.3) is 26.3 Å². The number of H-pyrrole nitrogens is 1. The summed E-state index contributed by atoms with van der Waals surface area (Å²) in [5.74, 6) is 1.25. The second-order valence-corrected chi connectivity index (χ2v) is 10.2. The molecular formula is C21H18N6O2S3. The highest BCUT2D eigenvalue weighted by Crippen LogP contribution is 2.37. The van der Waals surface area contributed by atoms with Crippen LogP contribution in [0.3, 0.4) is 0 Å². The average molecular weight is 483 g/mol. The number of aromatic amines is 1. The van der Waals surface area contributed by atoms with Crippen molar-refractivity contribution in [1.82, 2.24) is 30.2 Å². The van der Waals surface area contributed by atoms with Crippen LogP contribution < -0.4 is 10.3 Å². The lowest BCUT2D eigenvalue weighted by molar-refractivity contribution is 0.410. The monoisotopic (exact) mass is 482 g/mol. The Morgan fingerprint density at radius 1 is 1.25 bits per heavy atom. The van der Waals surface area contributed by atoms with Gasteiger partial charge in [0, 0.05) is 15.8 Å². The first-order valence-corrected chi connectivity index (χ1v) is 12.3. The lowest BCUT2D eigenvalue weighted by Gasteiger charge is -2.13. The van der Waals surface area contributed by atoms with Gasteiger partial charge in [0.2, 0.25) is 5.16 Å². The molecule has 0 amide bonds. The van der Waals surface area contributed by atoms with Crippen molar-refractivity contribution < 1.29 is 4.74 Å². The smallest absolute Gasteiger partial charge is 0.260 e. The van der Waals surface area contributed by atoms with E-state index in [9.17, 15) is 4.79 Å². The van der Waals surface area contributed by atoms with Gasteiger partial charge in [0.05, 0.1) is 17.7 Å². The van der Waals surface area contributed by atoms with Gasteiger partial charge in [-0.25, -0.2) is 4.98 Å². The summed E-state index contributed by atoms with van der Waals surface area (Å²) in [6.07, 6.45) is 0. The van der Waals surface area contributed by atoms with Crippen molar-refractivity contribution >= 4 is 44.7 Å². The van der Waals surface area contributed by atoms with E-state index in [4.69, 9.17) is 9.72 Å². The number of methoxy groups -OCH3 is 1. The Morgan fingerprint density at radius 3 is 2.91 bits per heavy atom. The number of aromatic nitrogens is 6. The van der Waals surface area contributed by atoms with Gasteiger partial charge in [-0.15, -0.1) is 27.8 Å². The zero-order chi connectivity index (χ0) is 22.2. The minimum atomic E-state index is -0.181. The Bertz CT molecular complexity index is 1450. The molecule has 0 saturated heterocycles. The Balaban J connectivity index is 1.48. The number of benzene rings is 1. The minimum absolute atomic E-state index is 0.137. The van der Waals surface area contributed by atoms with Gasteiger partial charge >= 0.3 is 0 Å². The molecule has 162 valence electrons. The zero-order valence-electron chi connectivity index (χ0n) is 17.4. The van der Waals surface area contributed by atoms with Gasteiger partial charge in [-0.3, -0.25) is 4.79 Å². The largest absolute Gasteiger partial charge is 0.494 e. The summed E-state index contributed by atoms with van der Waals surface area (Å²) in [6, 6.07) is 9.81. The number of hydrogen-bond donors (Lipinski definition) is 1. The van der Waals surface area contributed by atoms with Crippen molar-refractivity contribution in [2.24, 2.45) is 0 Å². The van der Waals surface area contributed by atoms with E-state index in [2.05, 4.69) is 20.5 Å². The SMILES string of the molecule is COc1ccc(C)cc1-n1nnnc1S[C@H](C)c1nc2scc(-c3cccs3)c2c(=O)[nH]1. The molecule has 0 aliphatic carbocycles. The van der Waals surface area contributed by atoms with Crippen LogP contribution in [0.5, 0.6) is 5.75 Å². The van der Waals surface area contributed by atoms with E-state index < -0.39 is 0 Å². The summed E-state index contributed by atoms with van der Waals surface area (Å²) in [6.45, 7) is 3.97. The summed E-state index contributed by atoms with van der Waals surface area (Å²) < 4.78 is 7.12. The fourth-order valence-electron chi connectivity index (χ4n) is 3.35. The highest BCUT2D eigenvalue weighted by atomic mass is 32.2. The first kappa shape index (κ1) is 20.9. The van der Waals surface area contributed by atoms with Crippen LogP contribution in [0.4, 0.5) is 0 Å². The van der Waals surface area contributed by atoms with Crippen molar-refractivity contribution in [3.8, 4) is 21.9 Å². The van der Waals surface area contributed by atoms with Crippen LogP contribution in [0.2, 0.25) is 0 Å². The second-order valence-electron chi connectivity index (χ2n) is 7.07. The molecule has 11 heteroatoms. The molecule has 4 aromatic heterocycles. The minimum Gasteiger partial charge on any atom is -0.494 e. The first-order valence-electron chi connectivity index (χ1n) is 9.70. The number of aryl methyl sites for hydroxylation is 1. The average Bonchev–Trinajstić information content (AvgIpc) is 3.54. The van der Waals surface area contributed by atoms with Crippen LogP contribution in [0.15, 0.2) is 51.0 Å². The normalized spacial score (nSPS) is 12.3. The molecule has 4 heterocycles. The predicted molar refractivity (Wildman–Crippen MR) is 128 cm³/mol. The van der Waals surface area contributed by atoms with E-state index in [1.54, 1.807) is 23.1 Å². The van der Waals surface area contributed by atoms with E-state index in [1.165, 1.54) is 23.1 Å². The van der Waals surface area contributed by atoms with Gasteiger partial charge in [-0.2, -0.15) is 4.68 Å². The van der Waals surface area contributed by atoms with E-state index in [0.29, 0.717) is 22.1 Å². The summed E-state index contributed by atoms with van der Waals surface area (Å²) in [4.78, 5) is 22.4. The molecule has 0 radical (unpaired) electrons. The molecular weight excluding hydrogens is 464 g/mol. The highest BCUT2D eigenvalue weighted by molar-refractivity contribution is 7.99. The molecule has 1 N–H and O–H groups in total. The first-order chi connectivity index (χ1) is 15.5. The number of nitrogens with one attached hydrogen (secondary N) is 1. The molecule has 8 nitrogen and oxygen atoms in total. The van der Waals surface area contributed by atoms with Gasteiger partial charge in [0.15, 0.2) is 0 Å². The maximum Gasteiger partial charge on any atom is 0.260 e. The van der Waals surface area contributed by atoms with E-state index in [-0.39, 0.29) is 10.8 Å². The fraction of sp³-hybridized carbons (Fsp3) is 0.190. The third-order valence-electron chi connectivity index (χ3n) is 4.92. The van der Waals surface area contributed by atoms with Crippen molar-refractivity contribution in [2.45, 2.75) is 24.3 Å². The maximum absolute atomic E-state index is 12.9. The highest BCUT2D eigenvalue weighted by Gasteiger charge is 2.21. The number of thioether (sulfide) groups is 1. The lowest BCUT2D eigenvalue weighted by Crippen LogP contribution is -2.12. The van der Waals surface area contributed by atoms with Gasteiger partial charge in [-0.1, -0.05) is 23.9 Å². The third-order valence-corrected chi connectivity index (χ3v) is 7.74. The van der Waals surface area contributed by atoms with Crippen LogP contribution in [0, 0.1) is 6.92 Å². The molecule has 0 saturated carbocycles. The van der Waals surface area contributed by atoms with Crippen LogP contribution in [-0.4, -0.2) is 37.3 Å². The Hall–Kier alpha value is -3.02. The van der Waals surface area contributed by atoms with Crippen LogP contribution in [-0.2, 0) is 0 Å². The van der Waals surface area contributed by atoms with Gasteiger partial charge in [-0.05, 0) is 53.4 Å². The topological polar surface area (TPSA) is 98.6 Å². The molecule has 5 rings (SSSR count). The predicted octanol–water partition coefficient (Wildman–Crippen LogP) is 4.86. The number of ether oxygens (including phenoxy) is 1. The molecule has 1 atom stereocenters. The molecule has 1 aromatic carbocycles. The summed E-state index contributed by atoms with van der Waals surface area (Å²) in [7, 11) is 1.61. The molecule has 32 heavy (non-hydrogen) atoms. The molecule has 0 spiro atoms. The summed E-state index contributed by atoms with van der Waals surface area (Å²) in [5.41, 5.74) is 2.61. The lowest BCUT2D eigenvalue weighted by atomic mass is 10.2. The number of thiophene rings is 2. The molecule has 5 aromatic rings. The fourth-order valence-corrected chi connectivity index (χ4v) is 5.98. The maximum atomic E-state index is 12.9. The number of tetrazole rings is 1. The molecule has 0 bridgehead atoms. The molecule has 0 fully saturated rings. The van der Waals surface area contributed by atoms with Gasteiger partial charge in [0.1, 0.15) is 22.1 Å². The van der Waals surface area contributed by atoms with Gasteiger partial charge < -0.3 is 9.72 Å². The number of nitrogens with zero attached hydrogens (tertiary/aromatic N) is 5. The van der Waals surface area contributed by atoms with Crippen molar-refractivity contribution in [2.75, 3.05) is 7.11 Å². The quantitative estimate of drug-likeness (QED) is 0.345. The van der Waals surface area contributed by atoms with Crippen molar-refractivity contribution in [3.63, 3.8) is 0 Å². The zero-order valence-corrected chi connectivity index (χ0v) is 19.8. The summed E-state index contributed by atoms with van der Waals surface area (Å²) >= 11 is 4.50. The molecule has 0 unspecified atom stereocenters. The van der Waals surface area contributed by atoms with E-state index in [1.807, 2.05) is 54.9 Å². The van der Waals surface area contributed by atoms with Crippen molar-refractivity contribution in [1.29, 1.82) is 0 Å². The van der Waals surface area contributed by atoms with Crippen LogP contribution in [0.1, 0.15) is 23.6 Å². The molecule has 0 aliphatic rings. The third kappa shape index (κ3) is 3.72. The van der Waals surface area contributed by atoms with Gasteiger partial charge in [0.25, 0.3) is 5.56 Å². The Kier molecular flexibility index (Phi) is 5.53. The number of rotatable bonds is 6. The summed E-state index contributed by atoms with van der Waals surface area (Å²) in [5, 5.41) is 17.2. The van der Waals surface area contributed by atoms with Crippen molar-refractivity contribution in [3.05, 3.63) is 62.8 Å². The number of fused-ring (bicyclic) bond motifs is 1. The van der Waals surface area contributed by atoms with Crippen LogP contribution >= 0.6 is 34.4 Å². The van der Waals surface area contributed by atoms with E-state index in [0.717, 1.165) is 26.5 Å². The number of hydrogen-bond acceptors (Lipinski definition) is 9. The Labute approximate surface area is 195 Å². The Morgan fingerprint density at radius 2 is 2.12 bits per heavy atom. The second kappa shape index (κ2) is 8.49.